The van der Waals surface area contributed by atoms with Gasteiger partial charge in [0.25, 0.3) is 0 Å². The van der Waals surface area contributed by atoms with Crippen LogP contribution in [0.25, 0.3) is 0 Å². The lowest BCUT2D eigenvalue weighted by molar-refractivity contribution is -0.122. The van der Waals surface area contributed by atoms with Crippen molar-refractivity contribution in [3.05, 3.63) is 22.7 Å². The summed E-state index contributed by atoms with van der Waals surface area (Å²) in [4.78, 5) is 10.5. The molecule has 0 aliphatic heterocycles. The number of benzene rings is 1. The number of hydrogen-bond donors (Lipinski definition) is 3. The molecule has 1 amide bonds. The molecular formula is C11H16ClN3O4S. The van der Waals surface area contributed by atoms with E-state index < -0.39 is 15.9 Å². The maximum Gasteiger partial charge on any atom is 0.243 e. The molecule has 9 heteroatoms. The Morgan fingerprint density at radius 2 is 2.10 bits per heavy atom. The van der Waals surface area contributed by atoms with Crippen LogP contribution in [-0.2, 0) is 19.6 Å². The minimum atomic E-state index is -3.72. The van der Waals surface area contributed by atoms with Gasteiger partial charge in [-0.25, -0.2) is 13.1 Å². The first-order valence-corrected chi connectivity index (χ1v) is 7.51. The summed E-state index contributed by atoms with van der Waals surface area (Å²) >= 11 is 5.81. The number of ether oxygens (including phenoxy) is 1. The summed E-state index contributed by atoms with van der Waals surface area (Å²) in [5.41, 5.74) is 11.1. The van der Waals surface area contributed by atoms with Crippen LogP contribution in [0.15, 0.2) is 17.0 Å². The highest BCUT2D eigenvalue weighted by atomic mass is 35.5. The van der Waals surface area contributed by atoms with Crippen LogP contribution < -0.4 is 16.2 Å². The van der Waals surface area contributed by atoms with Crippen LogP contribution in [0.4, 0.5) is 5.69 Å². The number of hydrogen-bond acceptors (Lipinski definition) is 5. The number of sulfonamides is 1. The van der Waals surface area contributed by atoms with Crippen molar-refractivity contribution in [3.8, 4) is 0 Å². The summed E-state index contributed by atoms with van der Waals surface area (Å²) < 4.78 is 31.3. The fraction of sp³-hybridized carbons (Fsp3) is 0.364. The molecule has 0 bridgehead atoms. The van der Waals surface area contributed by atoms with Gasteiger partial charge in [0.15, 0.2) is 0 Å². The third-order valence-electron chi connectivity index (χ3n) is 2.37. The van der Waals surface area contributed by atoms with Gasteiger partial charge in [0.05, 0.1) is 22.2 Å². The van der Waals surface area contributed by atoms with Crippen molar-refractivity contribution < 1.29 is 17.9 Å². The van der Waals surface area contributed by atoms with Gasteiger partial charge in [-0.05, 0) is 24.6 Å². The van der Waals surface area contributed by atoms with Gasteiger partial charge < -0.3 is 16.2 Å². The monoisotopic (exact) mass is 321 g/mol. The quantitative estimate of drug-likeness (QED) is 0.482. The molecule has 7 nitrogen and oxygen atoms in total. The van der Waals surface area contributed by atoms with Gasteiger partial charge in [-0.3, -0.25) is 4.79 Å². The summed E-state index contributed by atoms with van der Waals surface area (Å²) in [6.45, 7) is 1.40. The zero-order valence-electron chi connectivity index (χ0n) is 10.8. The number of halogens is 1. The van der Waals surface area contributed by atoms with Crippen LogP contribution in [0, 0.1) is 6.92 Å². The predicted molar refractivity (Wildman–Crippen MR) is 75.8 cm³/mol. The molecule has 0 aliphatic carbocycles. The fourth-order valence-corrected chi connectivity index (χ4v) is 2.95. The Bertz CT molecular complexity index is 604. The number of aryl methyl sites for hydroxylation is 1. The summed E-state index contributed by atoms with van der Waals surface area (Å²) in [5.74, 6) is -0.617. The molecule has 0 saturated carbocycles. The van der Waals surface area contributed by atoms with E-state index in [1.807, 2.05) is 0 Å². The molecule has 1 aromatic rings. The SMILES string of the molecule is Cc1cc(Cl)c(N)cc1S(=O)(=O)NCCOCC(N)=O. The van der Waals surface area contributed by atoms with Crippen molar-refractivity contribution >= 4 is 33.2 Å². The van der Waals surface area contributed by atoms with E-state index in [9.17, 15) is 13.2 Å². The van der Waals surface area contributed by atoms with Crippen molar-refractivity contribution in [2.24, 2.45) is 5.73 Å². The van der Waals surface area contributed by atoms with Crippen LogP contribution in [0.3, 0.4) is 0 Å². The van der Waals surface area contributed by atoms with Gasteiger partial charge in [0.1, 0.15) is 6.61 Å². The predicted octanol–water partition coefficient (Wildman–Crippen LogP) is 0.0108. The number of carbonyl (C=O) groups is 1. The van der Waals surface area contributed by atoms with Crippen LogP contribution in [-0.4, -0.2) is 34.1 Å². The number of nitrogens with one attached hydrogen (secondary N) is 1. The molecule has 0 fully saturated rings. The van der Waals surface area contributed by atoms with Crippen molar-refractivity contribution in [3.63, 3.8) is 0 Å². The second-order valence-electron chi connectivity index (χ2n) is 4.06. The highest BCUT2D eigenvalue weighted by Crippen LogP contribution is 2.25. The number of nitrogens with two attached hydrogens (primary N) is 2. The lowest BCUT2D eigenvalue weighted by atomic mass is 10.2. The molecule has 20 heavy (non-hydrogen) atoms. The average Bonchev–Trinajstić information content (AvgIpc) is 2.32. The summed E-state index contributed by atoms with van der Waals surface area (Å²) in [6.07, 6.45) is 0. The van der Waals surface area contributed by atoms with Crippen molar-refractivity contribution in [1.82, 2.24) is 4.72 Å². The van der Waals surface area contributed by atoms with Crippen molar-refractivity contribution in [2.45, 2.75) is 11.8 Å². The van der Waals surface area contributed by atoms with E-state index in [2.05, 4.69) is 4.72 Å². The highest BCUT2D eigenvalue weighted by molar-refractivity contribution is 7.89. The van der Waals surface area contributed by atoms with E-state index >= 15 is 0 Å². The molecule has 0 aliphatic rings. The number of anilines is 1. The Kier molecular flexibility index (Phi) is 5.75. The maximum absolute atomic E-state index is 12.1. The minimum absolute atomic E-state index is 0.0115. The molecule has 0 unspecified atom stereocenters. The first-order valence-electron chi connectivity index (χ1n) is 5.65. The normalized spacial score (nSPS) is 11.5. The van der Waals surface area contributed by atoms with Gasteiger partial charge in [-0.15, -0.1) is 0 Å². The Morgan fingerprint density at radius 1 is 1.45 bits per heavy atom. The Balaban J connectivity index is 2.70. The largest absolute Gasteiger partial charge is 0.397 e. The molecule has 1 aromatic carbocycles. The van der Waals surface area contributed by atoms with E-state index in [-0.39, 0.29) is 30.3 Å². The summed E-state index contributed by atoms with van der Waals surface area (Å²) in [7, 11) is -3.72. The Hall–Kier alpha value is -1.35. The minimum Gasteiger partial charge on any atom is -0.397 e. The standard InChI is InChI=1S/C11H16ClN3O4S/c1-7-4-8(12)9(13)5-10(7)20(17,18)15-2-3-19-6-11(14)16/h4-5,15H,2-3,6,13H2,1H3,(H2,14,16). The van der Waals surface area contributed by atoms with E-state index in [0.29, 0.717) is 10.6 Å². The topological polar surface area (TPSA) is 125 Å². The van der Waals surface area contributed by atoms with Gasteiger partial charge in [-0.2, -0.15) is 0 Å². The van der Waals surface area contributed by atoms with E-state index in [0.717, 1.165) is 0 Å². The molecule has 0 atom stereocenters. The molecule has 0 radical (unpaired) electrons. The molecule has 0 heterocycles. The van der Waals surface area contributed by atoms with E-state index in [1.165, 1.54) is 12.1 Å². The van der Waals surface area contributed by atoms with Crippen LogP contribution in [0.1, 0.15) is 5.56 Å². The third-order valence-corrected chi connectivity index (χ3v) is 4.30. The molecule has 0 saturated heterocycles. The zero-order chi connectivity index (χ0) is 15.3. The smallest absolute Gasteiger partial charge is 0.243 e. The second-order valence-corrected chi connectivity index (χ2v) is 6.20. The third kappa shape index (κ3) is 4.64. The number of amides is 1. The average molecular weight is 322 g/mol. The first kappa shape index (κ1) is 16.7. The number of primary amides is 1. The Morgan fingerprint density at radius 3 is 2.70 bits per heavy atom. The fourth-order valence-electron chi connectivity index (χ4n) is 1.46. The van der Waals surface area contributed by atoms with Gasteiger partial charge >= 0.3 is 0 Å². The van der Waals surface area contributed by atoms with Gasteiger partial charge in [-0.1, -0.05) is 11.6 Å². The van der Waals surface area contributed by atoms with Crippen LogP contribution in [0.5, 0.6) is 0 Å². The number of rotatable bonds is 7. The van der Waals surface area contributed by atoms with E-state index in [4.69, 9.17) is 27.8 Å². The second kappa shape index (κ2) is 6.89. The highest BCUT2D eigenvalue weighted by Gasteiger charge is 2.17. The molecule has 0 aromatic heterocycles. The first-order chi connectivity index (χ1) is 9.24. The van der Waals surface area contributed by atoms with Crippen LogP contribution in [0.2, 0.25) is 5.02 Å². The van der Waals surface area contributed by atoms with Gasteiger partial charge in [0, 0.05) is 6.54 Å². The summed E-state index contributed by atoms with van der Waals surface area (Å²) in [6, 6.07) is 2.78. The van der Waals surface area contributed by atoms with Gasteiger partial charge in [0.2, 0.25) is 15.9 Å². The molecule has 1 rings (SSSR count). The molecule has 5 N–H and O–H groups in total. The molecule has 112 valence electrons. The van der Waals surface area contributed by atoms with Crippen LogP contribution >= 0.6 is 11.6 Å². The van der Waals surface area contributed by atoms with Crippen molar-refractivity contribution in [2.75, 3.05) is 25.5 Å². The van der Waals surface area contributed by atoms with Crippen molar-refractivity contribution in [1.29, 1.82) is 0 Å². The zero-order valence-corrected chi connectivity index (χ0v) is 12.4. The molecule has 0 spiro atoms. The molecular weight excluding hydrogens is 306 g/mol. The number of nitrogen functional groups attached to an aromatic ring is 1. The lowest BCUT2D eigenvalue weighted by Gasteiger charge is -2.11. The number of carbonyl (C=O) groups excluding carboxylic acids is 1. The lowest BCUT2D eigenvalue weighted by Crippen LogP contribution is -2.29. The Labute approximate surface area is 122 Å². The maximum atomic E-state index is 12.1. The summed E-state index contributed by atoms with van der Waals surface area (Å²) in [5, 5.41) is 0.297. The van der Waals surface area contributed by atoms with E-state index in [1.54, 1.807) is 6.92 Å².